The summed E-state index contributed by atoms with van der Waals surface area (Å²) in [4.78, 5) is 0. The summed E-state index contributed by atoms with van der Waals surface area (Å²) in [5.41, 5.74) is 7.49. The smallest absolute Gasteiger partial charge is 0.123 e. The van der Waals surface area contributed by atoms with Crippen LogP contribution in [0.3, 0.4) is 0 Å². The topological polar surface area (TPSA) is 44.5 Å². The zero-order valence-corrected chi connectivity index (χ0v) is 12.2. The van der Waals surface area contributed by atoms with Gasteiger partial charge < -0.3 is 15.2 Å². The molecule has 1 fully saturated rings. The third-order valence-electron chi connectivity index (χ3n) is 3.70. The Labute approximate surface area is 116 Å². The summed E-state index contributed by atoms with van der Waals surface area (Å²) in [6.07, 6.45) is 1.05. The number of ether oxygens (including phenoxy) is 2. The van der Waals surface area contributed by atoms with Crippen molar-refractivity contribution in [1.29, 1.82) is 0 Å². The van der Waals surface area contributed by atoms with Gasteiger partial charge in [0.2, 0.25) is 0 Å². The van der Waals surface area contributed by atoms with Gasteiger partial charge in [0.1, 0.15) is 12.4 Å². The second-order valence-electron chi connectivity index (χ2n) is 6.34. The first kappa shape index (κ1) is 14.4. The summed E-state index contributed by atoms with van der Waals surface area (Å²) >= 11 is 0. The lowest BCUT2D eigenvalue weighted by molar-refractivity contribution is 0.169. The van der Waals surface area contributed by atoms with Gasteiger partial charge in [-0.15, -0.1) is 0 Å². The predicted octanol–water partition coefficient (Wildman–Crippen LogP) is 2.73. The second-order valence-corrected chi connectivity index (χ2v) is 6.34. The molecule has 106 valence electrons. The SMILES string of the molecule is CC(C)(C)c1ccccc1OCC(N)C1CCOC1. The van der Waals surface area contributed by atoms with Crippen molar-refractivity contribution in [3.05, 3.63) is 29.8 Å². The standard InChI is InChI=1S/C16H25NO2/c1-16(2,3)13-6-4-5-7-15(13)19-11-14(17)12-8-9-18-10-12/h4-7,12,14H,8-11,17H2,1-3H3. The van der Waals surface area contributed by atoms with E-state index >= 15 is 0 Å². The van der Waals surface area contributed by atoms with E-state index in [1.165, 1.54) is 5.56 Å². The molecule has 0 aliphatic carbocycles. The Morgan fingerprint density at radius 3 is 2.74 bits per heavy atom. The first-order valence-electron chi connectivity index (χ1n) is 7.04. The summed E-state index contributed by atoms with van der Waals surface area (Å²) in [7, 11) is 0. The first-order valence-corrected chi connectivity index (χ1v) is 7.04. The van der Waals surface area contributed by atoms with Crippen LogP contribution in [-0.4, -0.2) is 25.9 Å². The van der Waals surface area contributed by atoms with Crippen molar-refractivity contribution in [3.8, 4) is 5.75 Å². The summed E-state index contributed by atoms with van der Waals surface area (Å²) in [6.45, 7) is 8.74. The fraction of sp³-hybridized carbons (Fsp3) is 0.625. The van der Waals surface area contributed by atoms with Gasteiger partial charge in [0.15, 0.2) is 0 Å². The van der Waals surface area contributed by atoms with E-state index in [0.717, 1.165) is 25.4 Å². The Hall–Kier alpha value is -1.06. The van der Waals surface area contributed by atoms with E-state index in [4.69, 9.17) is 15.2 Å². The van der Waals surface area contributed by atoms with Crippen LogP contribution < -0.4 is 10.5 Å². The van der Waals surface area contributed by atoms with Crippen molar-refractivity contribution < 1.29 is 9.47 Å². The highest BCUT2D eigenvalue weighted by atomic mass is 16.5. The van der Waals surface area contributed by atoms with Crippen molar-refractivity contribution in [2.45, 2.75) is 38.6 Å². The van der Waals surface area contributed by atoms with E-state index < -0.39 is 0 Å². The Balaban J connectivity index is 1.99. The third-order valence-corrected chi connectivity index (χ3v) is 3.70. The molecule has 2 atom stereocenters. The number of benzene rings is 1. The molecule has 1 aromatic carbocycles. The highest BCUT2D eigenvalue weighted by Crippen LogP contribution is 2.31. The summed E-state index contributed by atoms with van der Waals surface area (Å²) in [5.74, 6) is 1.38. The molecular formula is C16H25NO2. The van der Waals surface area contributed by atoms with Crippen LogP contribution in [0.1, 0.15) is 32.8 Å². The van der Waals surface area contributed by atoms with Crippen LogP contribution in [0.5, 0.6) is 5.75 Å². The first-order chi connectivity index (χ1) is 8.98. The monoisotopic (exact) mass is 263 g/mol. The van der Waals surface area contributed by atoms with Gasteiger partial charge in [-0.2, -0.15) is 0 Å². The predicted molar refractivity (Wildman–Crippen MR) is 77.5 cm³/mol. The van der Waals surface area contributed by atoms with Crippen LogP contribution in [0.25, 0.3) is 0 Å². The van der Waals surface area contributed by atoms with Crippen molar-refractivity contribution in [2.75, 3.05) is 19.8 Å². The second kappa shape index (κ2) is 5.93. The van der Waals surface area contributed by atoms with Crippen LogP contribution in [0.4, 0.5) is 0 Å². The Kier molecular flexibility index (Phi) is 4.48. The lowest BCUT2D eigenvalue weighted by atomic mass is 9.86. The average Bonchev–Trinajstić information content (AvgIpc) is 2.89. The number of nitrogens with two attached hydrogens (primary N) is 1. The van der Waals surface area contributed by atoms with Gasteiger partial charge in [-0.1, -0.05) is 39.0 Å². The lowest BCUT2D eigenvalue weighted by Crippen LogP contribution is -2.36. The molecule has 0 spiro atoms. The lowest BCUT2D eigenvalue weighted by Gasteiger charge is -2.24. The molecule has 0 amide bonds. The van der Waals surface area contributed by atoms with Crippen molar-refractivity contribution >= 4 is 0 Å². The fourth-order valence-corrected chi connectivity index (χ4v) is 2.42. The fourth-order valence-electron chi connectivity index (χ4n) is 2.42. The van der Waals surface area contributed by atoms with Gasteiger partial charge in [0, 0.05) is 18.6 Å². The Morgan fingerprint density at radius 1 is 1.37 bits per heavy atom. The van der Waals surface area contributed by atoms with Crippen LogP contribution in [0, 0.1) is 5.92 Å². The molecule has 0 saturated carbocycles. The molecule has 1 aromatic rings. The molecule has 0 bridgehead atoms. The molecule has 1 saturated heterocycles. The largest absolute Gasteiger partial charge is 0.492 e. The number of hydrogen-bond acceptors (Lipinski definition) is 3. The quantitative estimate of drug-likeness (QED) is 0.908. The Bertz CT molecular complexity index is 405. The van der Waals surface area contributed by atoms with Gasteiger partial charge >= 0.3 is 0 Å². The van der Waals surface area contributed by atoms with E-state index in [-0.39, 0.29) is 11.5 Å². The van der Waals surface area contributed by atoms with Crippen molar-refractivity contribution in [3.63, 3.8) is 0 Å². The zero-order chi connectivity index (χ0) is 13.9. The van der Waals surface area contributed by atoms with E-state index in [2.05, 4.69) is 32.9 Å². The number of hydrogen-bond donors (Lipinski definition) is 1. The maximum atomic E-state index is 6.18. The normalized spacial score (nSPS) is 21.4. The molecule has 0 radical (unpaired) electrons. The van der Waals surface area contributed by atoms with Gasteiger partial charge in [-0.3, -0.25) is 0 Å². The third kappa shape index (κ3) is 3.71. The summed E-state index contributed by atoms with van der Waals surface area (Å²) in [6, 6.07) is 8.26. The average molecular weight is 263 g/mol. The summed E-state index contributed by atoms with van der Waals surface area (Å²) in [5, 5.41) is 0. The number of rotatable bonds is 4. The highest BCUT2D eigenvalue weighted by molar-refractivity contribution is 5.38. The molecule has 1 heterocycles. The maximum Gasteiger partial charge on any atom is 0.123 e. The minimum atomic E-state index is 0.0514. The molecule has 0 aromatic heterocycles. The van der Waals surface area contributed by atoms with Crippen molar-refractivity contribution in [2.24, 2.45) is 11.7 Å². The molecular weight excluding hydrogens is 238 g/mol. The maximum absolute atomic E-state index is 6.18. The molecule has 1 aliphatic rings. The number of para-hydroxylation sites is 1. The minimum Gasteiger partial charge on any atom is -0.492 e. The van der Waals surface area contributed by atoms with Crippen LogP contribution in [0.2, 0.25) is 0 Å². The Morgan fingerprint density at radius 2 is 2.11 bits per heavy atom. The molecule has 2 rings (SSSR count). The molecule has 1 aliphatic heterocycles. The van der Waals surface area contributed by atoms with Crippen LogP contribution in [0.15, 0.2) is 24.3 Å². The van der Waals surface area contributed by atoms with E-state index in [0.29, 0.717) is 12.5 Å². The highest BCUT2D eigenvalue weighted by Gasteiger charge is 2.24. The van der Waals surface area contributed by atoms with Gasteiger partial charge in [0.05, 0.1) is 6.61 Å². The van der Waals surface area contributed by atoms with Gasteiger partial charge in [0.25, 0.3) is 0 Å². The molecule has 3 nitrogen and oxygen atoms in total. The van der Waals surface area contributed by atoms with E-state index in [1.807, 2.05) is 12.1 Å². The minimum absolute atomic E-state index is 0.0514. The molecule has 2 N–H and O–H groups in total. The van der Waals surface area contributed by atoms with Gasteiger partial charge in [-0.25, -0.2) is 0 Å². The van der Waals surface area contributed by atoms with Crippen LogP contribution >= 0.6 is 0 Å². The van der Waals surface area contributed by atoms with E-state index in [1.54, 1.807) is 0 Å². The van der Waals surface area contributed by atoms with Crippen LogP contribution in [-0.2, 0) is 10.2 Å². The van der Waals surface area contributed by atoms with Crippen molar-refractivity contribution in [1.82, 2.24) is 0 Å². The van der Waals surface area contributed by atoms with Gasteiger partial charge in [-0.05, 0) is 23.5 Å². The zero-order valence-electron chi connectivity index (χ0n) is 12.2. The summed E-state index contributed by atoms with van der Waals surface area (Å²) < 4.78 is 11.3. The molecule has 2 unspecified atom stereocenters. The molecule has 19 heavy (non-hydrogen) atoms. The molecule has 3 heteroatoms. The van der Waals surface area contributed by atoms with E-state index in [9.17, 15) is 0 Å².